The molecule has 1 amide bonds. The predicted octanol–water partition coefficient (Wildman–Crippen LogP) is 2.96. The van der Waals surface area contributed by atoms with Gasteiger partial charge in [-0.25, -0.2) is 0 Å². The summed E-state index contributed by atoms with van der Waals surface area (Å²) < 4.78 is 0. The SMILES string of the molecule is O=C1C(=O)N(CN2CC=C(c3ccccc3)CC2)c2ccccc21. The first kappa shape index (κ1) is 14.8. The molecule has 0 aliphatic carbocycles. The summed E-state index contributed by atoms with van der Waals surface area (Å²) in [7, 11) is 0. The standard InChI is InChI=1S/C20H18N2O2/c23-19-17-8-4-5-9-18(17)22(20(19)24)14-21-12-10-16(11-13-21)15-6-2-1-3-7-15/h1-10H,11-14H2. The molecule has 2 aliphatic heterocycles. The highest BCUT2D eigenvalue weighted by Crippen LogP contribution is 2.29. The van der Waals surface area contributed by atoms with Gasteiger partial charge >= 0.3 is 5.91 Å². The van der Waals surface area contributed by atoms with Crippen LogP contribution in [0.25, 0.3) is 5.57 Å². The summed E-state index contributed by atoms with van der Waals surface area (Å²) in [4.78, 5) is 28.1. The van der Waals surface area contributed by atoms with Crippen LogP contribution in [0, 0.1) is 0 Å². The van der Waals surface area contributed by atoms with Crippen LogP contribution >= 0.6 is 0 Å². The zero-order chi connectivity index (χ0) is 16.5. The van der Waals surface area contributed by atoms with Crippen LogP contribution in [0.4, 0.5) is 5.69 Å². The first-order chi connectivity index (χ1) is 11.7. The molecule has 120 valence electrons. The minimum absolute atomic E-state index is 0.400. The van der Waals surface area contributed by atoms with Gasteiger partial charge in [0.2, 0.25) is 0 Å². The van der Waals surface area contributed by atoms with Gasteiger partial charge in [-0.2, -0.15) is 0 Å². The molecule has 2 aromatic carbocycles. The number of ketones is 1. The molecule has 2 aromatic rings. The van der Waals surface area contributed by atoms with E-state index >= 15 is 0 Å². The van der Waals surface area contributed by atoms with Crippen LogP contribution in [-0.2, 0) is 4.79 Å². The van der Waals surface area contributed by atoms with Crippen molar-refractivity contribution in [2.45, 2.75) is 6.42 Å². The fourth-order valence-electron chi connectivity index (χ4n) is 3.34. The van der Waals surface area contributed by atoms with Crippen molar-refractivity contribution in [1.29, 1.82) is 0 Å². The third kappa shape index (κ3) is 2.55. The molecule has 0 fully saturated rings. The van der Waals surface area contributed by atoms with Gasteiger partial charge in [-0.05, 0) is 29.7 Å². The average Bonchev–Trinajstić information content (AvgIpc) is 2.88. The lowest BCUT2D eigenvalue weighted by Crippen LogP contribution is -2.42. The summed E-state index contributed by atoms with van der Waals surface area (Å²) in [5.74, 6) is -0.822. The molecule has 24 heavy (non-hydrogen) atoms. The lowest BCUT2D eigenvalue weighted by atomic mass is 10.00. The Morgan fingerprint density at radius 3 is 2.42 bits per heavy atom. The largest absolute Gasteiger partial charge is 0.300 e. The zero-order valence-electron chi connectivity index (χ0n) is 13.3. The molecular weight excluding hydrogens is 300 g/mol. The van der Waals surface area contributed by atoms with Crippen molar-refractivity contribution in [2.24, 2.45) is 0 Å². The van der Waals surface area contributed by atoms with Gasteiger partial charge in [0.05, 0.1) is 17.9 Å². The van der Waals surface area contributed by atoms with Crippen molar-refractivity contribution in [1.82, 2.24) is 4.90 Å². The third-order valence-corrected chi connectivity index (χ3v) is 4.66. The topological polar surface area (TPSA) is 40.6 Å². The van der Waals surface area contributed by atoms with Crippen molar-refractivity contribution in [3.05, 3.63) is 71.8 Å². The van der Waals surface area contributed by atoms with Crippen LogP contribution in [0.15, 0.2) is 60.7 Å². The maximum atomic E-state index is 12.3. The monoisotopic (exact) mass is 318 g/mol. The summed E-state index contributed by atoms with van der Waals surface area (Å²) in [5, 5.41) is 0. The summed E-state index contributed by atoms with van der Waals surface area (Å²) in [6.45, 7) is 2.12. The first-order valence-electron chi connectivity index (χ1n) is 8.16. The first-order valence-corrected chi connectivity index (χ1v) is 8.16. The number of hydrogen-bond donors (Lipinski definition) is 0. The normalized spacial score (nSPS) is 17.8. The number of carbonyl (C=O) groups excluding carboxylic acids is 2. The quantitative estimate of drug-likeness (QED) is 0.817. The molecule has 4 rings (SSSR count). The Hall–Kier alpha value is -2.72. The van der Waals surface area contributed by atoms with Crippen LogP contribution in [0.5, 0.6) is 0 Å². The Morgan fingerprint density at radius 1 is 0.917 bits per heavy atom. The second kappa shape index (κ2) is 6.06. The fraction of sp³-hybridized carbons (Fsp3) is 0.200. The summed E-state index contributed by atoms with van der Waals surface area (Å²) in [6.07, 6.45) is 3.16. The van der Waals surface area contributed by atoms with E-state index in [1.165, 1.54) is 11.1 Å². The number of hydrogen-bond acceptors (Lipinski definition) is 3. The second-order valence-corrected chi connectivity index (χ2v) is 6.14. The number of benzene rings is 2. The van der Waals surface area contributed by atoms with Crippen LogP contribution < -0.4 is 4.90 Å². The molecule has 2 heterocycles. The molecule has 0 spiro atoms. The second-order valence-electron chi connectivity index (χ2n) is 6.14. The van der Waals surface area contributed by atoms with Gasteiger partial charge in [-0.15, -0.1) is 0 Å². The van der Waals surface area contributed by atoms with Crippen molar-refractivity contribution < 1.29 is 9.59 Å². The number of para-hydroxylation sites is 1. The Balaban J connectivity index is 1.49. The van der Waals surface area contributed by atoms with Crippen molar-refractivity contribution in [2.75, 3.05) is 24.7 Å². The molecule has 0 unspecified atom stereocenters. The lowest BCUT2D eigenvalue weighted by Gasteiger charge is -2.30. The molecular formula is C20H18N2O2. The van der Waals surface area contributed by atoms with E-state index < -0.39 is 11.7 Å². The molecule has 0 N–H and O–H groups in total. The Morgan fingerprint density at radius 2 is 1.67 bits per heavy atom. The maximum Gasteiger partial charge on any atom is 0.300 e. The summed E-state index contributed by atoms with van der Waals surface area (Å²) in [6, 6.07) is 17.6. The van der Waals surface area contributed by atoms with Crippen molar-refractivity contribution in [3.63, 3.8) is 0 Å². The number of rotatable bonds is 3. The zero-order valence-corrected chi connectivity index (χ0v) is 13.3. The van der Waals surface area contributed by atoms with Gasteiger partial charge in [-0.3, -0.25) is 19.4 Å². The number of Topliss-reactive ketones (excluding diaryl/α,β-unsaturated/α-hetero) is 1. The van der Waals surface area contributed by atoms with E-state index in [1.54, 1.807) is 17.0 Å². The molecule has 0 radical (unpaired) electrons. The molecule has 0 aromatic heterocycles. The van der Waals surface area contributed by atoms with Gasteiger partial charge in [0.1, 0.15) is 0 Å². The van der Waals surface area contributed by atoms with Crippen molar-refractivity contribution >= 4 is 23.0 Å². The van der Waals surface area contributed by atoms with Gasteiger partial charge in [0.15, 0.2) is 0 Å². The van der Waals surface area contributed by atoms with Crippen LogP contribution in [0.3, 0.4) is 0 Å². The van der Waals surface area contributed by atoms with Gasteiger partial charge < -0.3 is 0 Å². The number of carbonyl (C=O) groups is 2. The van der Waals surface area contributed by atoms with E-state index in [0.717, 1.165) is 25.2 Å². The summed E-state index contributed by atoms with van der Waals surface area (Å²) >= 11 is 0. The van der Waals surface area contributed by atoms with Crippen molar-refractivity contribution in [3.8, 4) is 0 Å². The highest BCUT2D eigenvalue weighted by atomic mass is 16.2. The van der Waals surface area contributed by atoms with Crippen LogP contribution in [0.2, 0.25) is 0 Å². The van der Waals surface area contributed by atoms with E-state index in [-0.39, 0.29) is 0 Å². The highest BCUT2D eigenvalue weighted by Gasteiger charge is 2.36. The van der Waals surface area contributed by atoms with Crippen LogP contribution in [0.1, 0.15) is 22.3 Å². The lowest BCUT2D eigenvalue weighted by molar-refractivity contribution is -0.114. The minimum atomic E-state index is -0.422. The van der Waals surface area contributed by atoms with Crippen LogP contribution in [-0.4, -0.2) is 36.3 Å². The number of nitrogens with zero attached hydrogens (tertiary/aromatic N) is 2. The molecule has 4 heteroatoms. The average molecular weight is 318 g/mol. The number of anilines is 1. The fourth-order valence-corrected chi connectivity index (χ4v) is 3.34. The molecule has 0 bridgehead atoms. The predicted molar refractivity (Wildman–Crippen MR) is 93.7 cm³/mol. The Labute approximate surface area is 141 Å². The molecule has 0 atom stereocenters. The van der Waals surface area contributed by atoms with Gasteiger partial charge in [-0.1, -0.05) is 48.5 Å². The smallest absolute Gasteiger partial charge is 0.291 e. The molecule has 4 nitrogen and oxygen atoms in total. The molecule has 2 aliphatic rings. The highest BCUT2D eigenvalue weighted by molar-refractivity contribution is 6.52. The van der Waals surface area contributed by atoms with Gasteiger partial charge in [0.25, 0.3) is 5.78 Å². The number of fused-ring (bicyclic) bond motifs is 1. The van der Waals surface area contributed by atoms with E-state index in [0.29, 0.717) is 12.2 Å². The van der Waals surface area contributed by atoms with E-state index in [2.05, 4.69) is 23.1 Å². The molecule has 0 saturated heterocycles. The Kier molecular flexibility index (Phi) is 3.75. The maximum absolute atomic E-state index is 12.3. The van der Waals surface area contributed by atoms with E-state index in [4.69, 9.17) is 0 Å². The number of amides is 1. The van der Waals surface area contributed by atoms with E-state index in [9.17, 15) is 9.59 Å². The minimum Gasteiger partial charge on any atom is -0.291 e. The van der Waals surface area contributed by atoms with Gasteiger partial charge in [0, 0.05) is 13.1 Å². The van der Waals surface area contributed by atoms with E-state index in [1.807, 2.05) is 30.3 Å². The molecule has 0 saturated carbocycles. The third-order valence-electron chi connectivity index (χ3n) is 4.66. The Bertz CT molecular complexity index is 827. The summed E-state index contributed by atoms with van der Waals surface area (Å²) in [5.41, 5.74) is 3.84.